The van der Waals surface area contributed by atoms with Gasteiger partial charge in [0.15, 0.2) is 0 Å². The lowest BCUT2D eigenvalue weighted by molar-refractivity contribution is -0.144. The van der Waals surface area contributed by atoms with Crippen LogP contribution in [0.4, 0.5) is 0 Å². The van der Waals surface area contributed by atoms with E-state index < -0.39 is 0 Å². The number of nitrogens with zero attached hydrogens (tertiary/aromatic N) is 1. The average Bonchev–Trinajstić information content (AvgIpc) is 2.81. The van der Waals surface area contributed by atoms with Crippen LogP contribution < -0.4 is 0 Å². The summed E-state index contributed by atoms with van der Waals surface area (Å²) in [5.74, 6) is -0.165. The number of rotatable bonds is 7. The Bertz CT molecular complexity index is 577. The molecule has 1 heterocycles. The van der Waals surface area contributed by atoms with Crippen LogP contribution in [0.3, 0.4) is 0 Å². The summed E-state index contributed by atoms with van der Waals surface area (Å²) in [6, 6.07) is 8.04. The molecule has 0 fully saturated rings. The summed E-state index contributed by atoms with van der Waals surface area (Å²) in [5.41, 5.74) is 1.05. The van der Waals surface area contributed by atoms with Gasteiger partial charge >= 0.3 is 5.97 Å². The molecule has 0 spiro atoms. The molecule has 0 amide bonds. The molecular weight excluding hydrogens is 318 g/mol. The van der Waals surface area contributed by atoms with Gasteiger partial charge in [0.2, 0.25) is 0 Å². The fourth-order valence-corrected chi connectivity index (χ4v) is 2.59. The third-order valence-electron chi connectivity index (χ3n) is 3.29. The molecule has 0 atom stereocenters. The molecule has 2 aromatic rings. The second-order valence-corrected chi connectivity index (χ2v) is 5.84. The highest BCUT2D eigenvalue weighted by Crippen LogP contribution is 2.20. The number of hydrogen-bond donors (Lipinski definition) is 0. The molecule has 108 valence electrons. The number of carbonyl (C=O) groups is 1. The monoisotopic (exact) mass is 337 g/mol. The molecule has 0 saturated carbocycles. The summed E-state index contributed by atoms with van der Waals surface area (Å²) in [5, 5.41) is 1.12. The Labute approximate surface area is 128 Å². The van der Waals surface area contributed by atoms with Crippen molar-refractivity contribution in [3.8, 4) is 0 Å². The predicted octanol–water partition coefficient (Wildman–Crippen LogP) is 4.53. The molecule has 0 aliphatic rings. The first-order valence-electron chi connectivity index (χ1n) is 7.10. The van der Waals surface area contributed by atoms with Crippen LogP contribution in [-0.4, -0.2) is 17.1 Å². The molecule has 0 bridgehead atoms. The SMILES string of the molecule is CCCCCCOC(=O)Cn1ccc2cc(Br)ccc21. The summed E-state index contributed by atoms with van der Waals surface area (Å²) in [6.07, 6.45) is 6.41. The highest BCUT2D eigenvalue weighted by atomic mass is 79.9. The van der Waals surface area contributed by atoms with Crippen molar-refractivity contribution < 1.29 is 9.53 Å². The smallest absolute Gasteiger partial charge is 0.325 e. The maximum atomic E-state index is 11.8. The summed E-state index contributed by atoms with van der Waals surface area (Å²) < 4.78 is 8.24. The normalized spacial score (nSPS) is 10.9. The Morgan fingerprint density at radius 1 is 1.25 bits per heavy atom. The molecule has 1 aromatic heterocycles. The number of carbonyl (C=O) groups excluding carboxylic acids is 1. The van der Waals surface area contributed by atoms with Gasteiger partial charge in [-0.15, -0.1) is 0 Å². The molecular formula is C16H20BrNO2. The molecule has 0 radical (unpaired) electrons. The molecule has 0 aliphatic heterocycles. The van der Waals surface area contributed by atoms with Gasteiger partial charge in [0, 0.05) is 21.6 Å². The number of unbranched alkanes of at least 4 members (excludes halogenated alkanes) is 3. The van der Waals surface area contributed by atoms with Gasteiger partial charge < -0.3 is 9.30 Å². The lowest BCUT2D eigenvalue weighted by Crippen LogP contribution is -2.13. The maximum absolute atomic E-state index is 11.8. The van der Waals surface area contributed by atoms with Crippen LogP contribution in [-0.2, 0) is 16.1 Å². The first kappa shape index (κ1) is 15.1. The summed E-state index contributed by atoms with van der Waals surface area (Å²) in [6.45, 7) is 2.98. The minimum absolute atomic E-state index is 0.165. The van der Waals surface area contributed by atoms with Crippen LogP contribution in [0, 0.1) is 0 Å². The average molecular weight is 338 g/mol. The highest BCUT2D eigenvalue weighted by molar-refractivity contribution is 9.10. The van der Waals surface area contributed by atoms with Crippen molar-refractivity contribution in [1.29, 1.82) is 0 Å². The predicted molar refractivity (Wildman–Crippen MR) is 84.7 cm³/mol. The number of aromatic nitrogens is 1. The van der Waals surface area contributed by atoms with Gasteiger partial charge in [-0.3, -0.25) is 4.79 Å². The van der Waals surface area contributed by atoms with Crippen LogP contribution in [0.1, 0.15) is 32.6 Å². The number of fused-ring (bicyclic) bond motifs is 1. The van der Waals surface area contributed by atoms with Crippen molar-refractivity contribution in [2.24, 2.45) is 0 Å². The quantitative estimate of drug-likeness (QED) is 0.549. The van der Waals surface area contributed by atoms with E-state index in [4.69, 9.17) is 4.74 Å². The van der Waals surface area contributed by atoms with Gasteiger partial charge in [0.05, 0.1) is 6.61 Å². The number of benzene rings is 1. The molecule has 3 nitrogen and oxygen atoms in total. The van der Waals surface area contributed by atoms with Crippen molar-refractivity contribution >= 4 is 32.8 Å². The standard InChI is InChI=1S/C16H20BrNO2/c1-2-3-4-5-10-20-16(19)12-18-9-8-13-11-14(17)6-7-15(13)18/h6-9,11H,2-5,10,12H2,1H3. The summed E-state index contributed by atoms with van der Waals surface area (Å²) >= 11 is 3.45. The second-order valence-electron chi connectivity index (χ2n) is 4.93. The fourth-order valence-electron chi connectivity index (χ4n) is 2.21. The summed E-state index contributed by atoms with van der Waals surface area (Å²) in [4.78, 5) is 11.8. The number of ether oxygens (including phenoxy) is 1. The van der Waals surface area contributed by atoms with E-state index in [1.165, 1.54) is 12.8 Å². The van der Waals surface area contributed by atoms with E-state index in [1.54, 1.807) is 0 Å². The van der Waals surface area contributed by atoms with E-state index in [0.717, 1.165) is 28.2 Å². The van der Waals surface area contributed by atoms with E-state index in [9.17, 15) is 4.79 Å². The molecule has 2 rings (SSSR count). The Hall–Kier alpha value is -1.29. The molecule has 0 N–H and O–H groups in total. The van der Waals surface area contributed by atoms with E-state index >= 15 is 0 Å². The number of esters is 1. The van der Waals surface area contributed by atoms with Gasteiger partial charge in [-0.2, -0.15) is 0 Å². The van der Waals surface area contributed by atoms with Gasteiger partial charge in [-0.1, -0.05) is 42.1 Å². The molecule has 1 aromatic carbocycles. The third kappa shape index (κ3) is 4.10. The first-order valence-corrected chi connectivity index (χ1v) is 7.90. The molecule has 0 aliphatic carbocycles. The molecule has 20 heavy (non-hydrogen) atoms. The zero-order valence-corrected chi connectivity index (χ0v) is 13.4. The second kappa shape index (κ2) is 7.48. The largest absolute Gasteiger partial charge is 0.464 e. The van der Waals surface area contributed by atoms with Crippen LogP contribution in [0.5, 0.6) is 0 Å². The number of halogens is 1. The zero-order chi connectivity index (χ0) is 14.4. The van der Waals surface area contributed by atoms with E-state index in [-0.39, 0.29) is 12.5 Å². The van der Waals surface area contributed by atoms with Crippen molar-refractivity contribution in [3.05, 3.63) is 34.9 Å². The Morgan fingerprint density at radius 2 is 2.10 bits per heavy atom. The number of hydrogen-bond acceptors (Lipinski definition) is 2. The van der Waals surface area contributed by atoms with Gasteiger partial charge in [0.1, 0.15) is 6.54 Å². The lowest BCUT2D eigenvalue weighted by atomic mass is 10.2. The van der Waals surface area contributed by atoms with Gasteiger partial charge in [-0.05, 0) is 30.7 Å². The van der Waals surface area contributed by atoms with Crippen LogP contribution in [0.15, 0.2) is 34.9 Å². The van der Waals surface area contributed by atoms with Crippen molar-refractivity contribution in [2.75, 3.05) is 6.61 Å². The van der Waals surface area contributed by atoms with E-state index in [2.05, 4.69) is 22.9 Å². The Kier molecular flexibility index (Phi) is 5.65. The topological polar surface area (TPSA) is 31.2 Å². The van der Waals surface area contributed by atoms with Crippen LogP contribution in [0.25, 0.3) is 10.9 Å². The molecule has 0 unspecified atom stereocenters. The van der Waals surface area contributed by atoms with E-state index in [0.29, 0.717) is 6.61 Å². The highest BCUT2D eigenvalue weighted by Gasteiger charge is 2.07. The van der Waals surface area contributed by atoms with Crippen LogP contribution >= 0.6 is 15.9 Å². The first-order chi connectivity index (χ1) is 9.70. The zero-order valence-electron chi connectivity index (χ0n) is 11.8. The van der Waals surface area contributed by atoms with Crippen LogP contribution in [0.2, 0.25) is 0 Å². The fraction of sp³-hybridized carbons (Fsp3) is 0.438. The lowest BCUT2D eigenvalue weighted by Gasteiger charge is -2.07. The minimum Gasteiger partial charge on any atom is -0.464 e. The maximum Gasteiger partial charge on any atom is 0.325 e. The summed E-state index contributed by atoms with van der Waals surface area (Å²) in [7, 11) is 0. The van der Waals surface area contributed by atoms with Gasteiger partial charge in [0.25, 0.3) is 0 Å². The van der Waals surface area contributed by atoms with Crippen molar-refractivity contribution in [3.63, 3.8) is 0 Å². The van der Waals surface area contributed by atoms with Gasteiger partial charge in [-0.25, -0.2) is 0 Å². The van der Waals surface area contributed by atoms with Crippen molar-refractivity contribution in [2.45, 2.75) is 39.2 Å². The third-order valence-corrected chi connectivity index (χ3v) is 3.79. The minimum atomic E-state index is -0.165. The van der Waals surface area contributed by atoms with Crippen molar-refractivity contribution in [1.82, 2.24) is 4.57 Å². The Morgan fingerprint density at radius 3 is 2.90 bits per heavy atom. The Balaban J connectivity index is 1.87. The van der Waals surface area contributed by atoms with E-state index in [1.807, 2.05) is 35.0 Å². The molecule has 0 saturated heterocycles. The molecule has 4 heteroatoms.